The highest BCUT2D eigenvalue weighted by Gasteiger charge is 2.24. The summed E-state index contributed by atoms with van der Waals surface area (Å²) in [6.07, 6.45) is 1.73. The number of benzene rings is 2. The molecule has 6 heteroatoms. The summed E-state index contributed by atoms with van der Waals surface area (Å²) in [5.74, 6) is 0.808. The predicted octanol–water partition coefficient (Wildman–Crippen LogP) is 5.52. The maximum atomic E-state index is 13.1. The van der Waals surface area contributed by atoms with E-state index >= 15 is 0 Å². The molecule has 0 aliphatic heterocycles. The standard InChI is InChI=1S/C22H22N2O2S2/c1-4-14-24(22-23-20(15-27-22)17-8-6-5-7-9-17)21(25)16(2)28-19-12-10-18(26-3)11-13-19/h4-13,15-16H,1,14H2,2-3H3. The van der Waals surface area contributed by atoms with Crippen molar-refractivity contribution in [1.82, 2.24) is 4.98 Å². The molecule has 0 aliphatic carbocycles. The number of amides is 1. The summed E-state index contributed by atoms with van der Waals surface area (Å²) < 4.78 is 5.19. The number of aromatic nitrogens is 1. The average Bonchev–Trinajstić information content (AvgIpc) is 3.22. The van der Waals surface area contributed by atoms with E-state index in [1.165, 1.54) is 23.1 Å². The molecule has 0 aliphatic rings. The molecule has 0 fully saturated rings. The largest absolute Gasteiger partial charge is 0.497 e. The molecular formula is C22H22N2O2S2. The first kappa shape index (κ1) is 20.2. The fourth-order valence-corrected chi connectivity index (χ4v) is 4.43. The van der Waals surface area contributed by atoms with Gasteiger partial charge in [-0.3, -0.25) is 9.69 Å². The van der Waals surface area contributed by atoms with Gasteiger partial charge in [0, 0.05) is 22.4 Å². The lowest BCUT2D eigenvalue weighted by atomic mass is 10.2. The maximum Gasteiger partial charge on any atom is 0.242 e. The molecule has 1 atom stereocenters. The smallest absolute Gasteiger partial charge is 0.242 e. The third kappa shape index (κ3) is 4.82. The number of anilines is 1. The molecule has 1 heterocycles. The molecule has 0 spiro atoms. The van der Waals surface area contributed by atoms with Crippen LogP contribution >= 0.6 is 23.1 Å². The molecule has 2 aromatic carbocycles. The highest BCUT2D eigenvalue weighted by atomic mass is 32.2. The second-order valence-corrected chi connectivity index (χ2v) is 8.31. The minimum atomic E-state index is -0.252. The number of carbonyl (C=O) groups is 1. The lowest BCUT2D eigenvalue weighted by Crippen LogP contribution is -2.36. The highest BCUT2D eigenvalue weighted by Crippen LogP contribution is 2.31. The van der Waals surface area contributed by atoms with Gasteiger partial charge in [0.2, 0.25) is 5.91 Å². The van der Waals surface area contributed by atoms with Gasteiger partial charge in [0.1, 0.15) is 5.75 Å². The van der Waals surface area contributed by atoms with Crippen LogP contribution in [0.4, 0.5) is 5.13 Å². The van der Waals surface area contributed by atoms with Gasteiger partial charge in [-0.05, 0) is 31.2 Å². The molecule has 3 rings (SSSR count). The lowest BCUT2D eigenvalue weighted by Gasteiger charge is -2.22. The van der Waals surface area contributed by atoms with E-state index in [-0.39, 0.29) is 11.2 Å². The van der Waals surface area contributed by atoms with Crippen molar-refractivity contribution in [3.05, 3.63) is 72.6 Å². The van der Waals surface area contributed by atoms with Crippen molar-refractivity contribution in [3.63, 3.8) is 0 Å². The average molecular weight is 411 g/mol. The van der Waals surface area contributed by atoms with E-state index in [2.05, 4.69) is 11.6 Å². The summed E-state index contributed by atoms with van der Waals surface area (Å²) >= 11 is 2.99. The molecule has 1 unspecified atom stereocenters. The van der Waals surface area contributed by atoms with Crippen LogP contribution < -0.4 is 9.64 Å². The van der Waals surface area contributed by atoms with Crippen molar-refractivity contribution in [2.45, 2.75) is 17.1 Å². The third-order valence-corrected chi connectivity index (χ3v) is 6.05. The van der Waals surface area contributed by atoms with Crippen LogP contribution in [-0.2, 0) is 4.79 Å². The Kier molecular flexibility index (Phi) is 6.90. The molecule has 3 aromatic rings. The second kappa shape index (κ2) is 9.57. The Hall–Kier alpha value is -2.57. The van der Waals surface area contributed by atoms with Crippen molar-refractivity contribution >= 4 is 34.1 Å². The third-order valence-electron chi connectivity index (χ3n) is 4.09. The molecule has 1 amide bonds. The first-order valence-electron chi connectivity index (χ1n) is 8.86. The van der Waals surface area contributed by atoms with Crippen molar-refractivity contribution in [2.24, 2.45) is 0 Å². The summed E-state index contributed by atoms with van der Waals surface area (Å²) in [4.78, 5) is 20.5. The van der Waals surface area contributed by atoms with Gasteiger partial charge in [0.05, 0.1) is 18.1 Å². The first-order chi connectivity index (χ1) is 13.6. The van der Waals surface area contributed by atoms with E-state index in [0.717, 1.165) is 21.9 Å². The molecule has 1 aromatic heterocycles. The van der Waals surface area contributed by atoms with Gasteiger partial charge in [0.15, 0.2) is 5.13 Å². The van der Waals surface area contributed by atoms with Gasteiger partial charge in [0.25, 0.3) is 0 Å². The summed E-state index contributed by atoms with van der Waals surface area (Å²) in [7, 11) is 1.64. The lowest BCUT2D eigenvalue weighted by molar-refractivity contribution is -0.117. The number of carbonyl (C=O) groups excluding carboxylic acids is 1. The SMILES string of the molecule is C=CCN(C(=O)C(C)Sc1ccc(OC)cc1)c1nc(-c2ccccc2)cs1. The number of methoxy groups -OCH3 is 1. The predicted molar refractivity (Wildman–Crippen MR) is 118 cm³/mol. The summed E-state index contributed by atoms with van der Waals surface area (Å²) in [5, 5.41) is 2.42. The topological polar surface area (TPSA) is 42.4 Å². The molecule has 28 heavy (non-hydrogen) atoms. The zero-order valence-electron chi connectivity index (χ0n) is 15.9. The Bertz CT molecular complexity index is 923. The number of nitrogens with zero attached hydrogens (tertiary/aromatic N) is 2. The van der Waals surface area contributed by atoms with Crippen LogP contribution in [0.5, 0.6) is 5.75 Å². The molecule has 0 saturated carbocycles. The van der Waals surface area contributed by atoms with E-state index < -0.39 is 0 Å². The fourth-order valence-electron chi connectivity index (χ4n) is 2.65. The van der Waals surface area contributed by atoms with Crippen molar-refractivity contribution in [2.75, 3.05) is 18.6 Å². The number of rotatable bonds is 8. The van der Waals surface area contributed by atoms with Gasteiger partial charge < -0.3 is 4.74 Å². The van der Waals surface area contributed by atoms with Gasteiger partial charge in [-0.2, -0.15) is 0 Å². The van der Waals surface area contributed by atoms with E-state index in [4.69, 9.17) is 4.74 Å². The molecular weight excluding hydrogens is 388 g/mol. The number of hydrogen-bond acceptors (Lipinski definition) is 5. The molecule has 0 N–H and O–H groups in total. The Balaban J connectivity index is 1.76. The Morgan fingerprint density at radius 3 is 2.61 bits per heavy atom. The number of ether oxygens (including phenoxy) is 1. The van der Waals surface area contributed by atoms with E-state index in [0.29, 0.717) is 11.7 Å². The van der Waals surface area contributed by atoms with Gasteiger partial charge in [-0.1, -0.05) is 36.4 Å². The van der Waals surface area contributed by atoms with Gasteiger partial charge in [-0.25, -0.2) is 4.98 Å². The molecule has 0 bridgehead atoms. The zero-order chi connectivity index (χ0) is 19.9. The fraction of sp³-hybridized carbons (Fsp3) is 0.182. The van der Waals surface area contributed by atoms with Crippen molar-refractivity contribution in [1.29, 1.82) is 0 Å². The van der Waals surface area contributed by atoms with Crippen molar-refractivity contribution in [3.8, 4) is 17.0 Å². The van der Waals surface area contributed by atoms with Crippen molar-refractivity contribution < 1.29 is 9.53 Å². The van der Waals surface area contributed by atoms with Crippen LogP contribution in [0.2, 0.25) is 0 Å². The minimum absolute atomic E-state index is 0.00896. The minimum Gasteiger partial charge on any atom is -0.497 e. The van der Waals surface area contributed by atoms with E-state index in [1.807, 2.05) is 66.9 Å². The van der Waals surface area contributed by atoms with Crippen LogP contribution in [0.1, 0.15) is 6.92 Å². The van der Waals surface area contributed by atoms with Gasteiger partial charge in [-0.15, -0.1) is 29.7 Å². The molecule has 4 nitrogen and oxygen atoms in total. The van der Waals surface area contributed by atoms with E-state index in [9.17, 15) is 4.79 Å². The molecule has 144 valence electrons. The van der Waals surface area contributed by atoms with Crippen LogP contribution in [0, 0.1) is 0 Å². The summed E-state index contributed by atoms with van der Waals surface area (Å²) in [6, 6.07) is 17.7. The Morgan fingerprint density at radius 2 is 1.96 bits per heavy atom. The monoisotopic (exact) mass is 410 g/mol. The van der Waals surface area contributed by atoms with E-state index in [1.54, 1.807) is 18.1 Å². The molecule has 0 saturated heterocycles. The van der Waals surface area contributed by atoms with Crippen LogP contribution in [-0.4, -0.2) is 29.8 Å². The Morgan fingerprint density at radius 1 is 1.25 bits per heavy atom. The zero-order valence-corrected chi connectivity index (χ0v) is 17.5. The van der Waals surface area contributed by atoms with Crippen LogP contribution in [0.25, 0.3) is 11.3 Å². The number of thioether (sulfide) groups is 1. The Labute approximate surface area is 173 Å². The first-order valence-corrected chi connectivity index (χ1v) is 10.6. The van der Waals surface area contributed by atoms with Crippen LogP contribution in [0.3, 0.4) is 0 Å². The normalized spacial score (nSPS) is 11.6. The van der Waals surface area contributed by atoms with Gasteiger partial charge >= 0.3 is 0 Å². The quantitative estimate of drug-likeness (QED) is 0.362. The highest BCUT2D eigenvalue weighted by molar-refractivity contribution is 8.00. The van der Waals surface area contributed by atoms with Crippen LogP contribution in [0.15, 0.2) is 77.5 Å². The summed E-state index contributed by atoms with van der Waals surface area (Å²) in [5.41, 5.74) is 1.91. The number of hydrogen-bond donors (Lipinski definition) is 0. The summed E-state index contributed by atoms with van der Waals surface area (Å²) in [6.45, 7) is 6.14. The second-order valence-electron chi connectivity index (χ2n) is 6.05. The maximum absolute atomic E-state index is 13.1. The molecule has 0 radical (unpaired) electrons. The number of thiazole rings is 1.